The van der Waals surface area contributed by atoms with Gasteiger partial charge in [0, 0.05) is 29.6 Å². The van der Waals surface area contributed by atoms with Crippen LogP contribution in [0.1, 0.15) is 31.5 Å². The maximum Gasteiger partial charge on any atom is 0.319 e. The van der Waals surface area contributed by atoms with Crippen molar-refractivity contribution in [2.24, 2.45) is 0 Å². The monoisotopic (exact) mass is 308 g/mol. The minimum atomic E-state index is -0.305. The molecule has 0 saturated heterocycles. The van der Waals surface area contributed by atoms with E-state index in [1.807, 2.05) is 13.8 Å². The molecule has 0 aliphatic heterocycles. The zero-order chi connectivity index (χ0) is 15.2. The van der Waals surface area contributed by atoms with Crippen LogP contribution in [-0.4, -0.2) is 22.8 Å². The first-order chi connectivity index (χ1) is 10.0. The van der Waals surface area contributed by atoms with E-state index in [0.29, 0.717) is 35.5 Å². The summed E-state index contributed by atoms with van der Waals surface area (Å²) in [6.45, 7) is 4.37. The predicted molar refractivity (Wildman–Crippen MR) is 80.6 cm³/mol. The van der Waals surface area contributed by atoms with E-state index >= 15 is 0 Å². The first-order valence-electron chi connectivity index (χ1n) is 6.67. The van der Waals surface area contributed by atoms with Crippen molar-refractivity contribution in [3.63, 3.8) is 0 Å². The van der Waals surface area contributed by atoms with Gasteiger partial charge in [0.25, 0.3) is 0 Å². The van der Waals surface area contributed by atoms with Crippen molar-refractivity contribution in [2.75, 3.05) is 11.9 Å². The summed E-state index contributed by atoms with van der Waals surface area (Å²) in [7, 11) is 0. The van der Waals surface area contributed by atoms with Crippen LogP contribution in [0.2, 0.25) is 5.02 Å². The fraction of sp³-hybridized carbons (Fsp3) is 0.357. The van der Waals surface area contributed by atoms with Crippen LogP contribution in [0.4, 0.5) is 10.5 Å². The topological polar surface area (TPSA) is 80.0 Å². The molecule has 0 unspecified atom stereocenters. The van der Waals surface area contributed by atoms with Crippen molar-refractivity contribution < 1.29 is 9.21 Å². The van der Waals surface area contributed by atoms with Gasteiger partial charge in [0.2, 0.25) is 11.8 Å². The van der Waals surface area contributed by atoms with E-state index in [9.17, 15) is 4.79 Å². The lowest BCUT2D eigenvalue weighted by atomic mass is 10.2. The number of halogens is 1. The van der Waals surface area contributed by atoms with E-state index in [1.54, 1.807) is 24.3 Å². The smallest absolute Gasteiger partial charge is 0.319 e. The maximum atomic E-state index is 11.7. The molecule has 0 fully saturated rings. The molecular formula is C14H17ClN4O2. The van der Waals surface area contributed by atoms with Crippen molar-refractivity contribution in [1.29, 1.82) is 0 Å². The second-order valence-corrected chi connectivity index (χ2v) is 5.27. The molecule has 0 radical (unpaired) electrons. The summed E-state index contributed by atoms with van der Waals surface area (Å²) in [4.78, 5) is 11.7. The number of carbonyl (C=O) groups excluding carboxylic acids is 1. The molecule has 21 heavy (non-hydrogen) atoms. The molecule has 0 saturated carbocycles. The van der Waals surface area contributed by atoms with Crippen LogP contribution < -0.4 is 10.6 Å². The first-order valence-corrected chi connectivity index (χ1v) is 7.05. The molecule has 0 atom stereocenters. The number of hydrogen-bond donors (Lipinski definition) is 2. The summed E-state index contributed by atoms with van der Waals surface area (Å²) >= 11 is 5.84. The number of nitrogens with one attached hydrogen (secondary N) is 2. The Bertz CT molecular complexity index is 613. The highest BCUT2D eigenvalue weighted by Gasteiger charge is 2.09. The molecule has 112 valence electrons. The van der Waals surface area contributed by atoms with Gasteiger partial charge in [-0.25, -0.2) is 4.79 Å². The van der Waals surface area contributed by atoms with E-state index in [-0.39, 0.29) is 11.9 Å². The quantitative estimate of drug-likeness (QED) is 0.888. The summed E-state index contributed by atoms with van der Waals surface area (Å²) in [6.07, 6.45) is 0.489. The highest BCUT2D eigenvalue weighted by atomic mass is 35.5. The second kappa shape index (κ2) is 7.08. The van der Waals surface area contributed by atoms with E-state index in [4.69, 9.17) is 16.0 Å². The number of nitrogens with zero attached hydrogens (tertiary/aromatic N) is 2. The molecule has 0 aliphatic rings. The number of urea groups is 1. The molecule has 6 nitrogen and oxygen atoms in total. The van der Waals surface area contributed by atoms with E-state index in [0.717, 1.165) is 0 Å². The van der Waals surface area contributed by atoms with Crippen LogP contribution in [-0.2, 0) is 6.42 Å². The molecule has 2 aromatic rings. The summed E-state index contributed by atoms with van der Waals surface area (Å²) in [5.74, 6) is 1.32. The van der Waals surface area contributed by atoms with Crippen LogP contribution in [0.25, 0.3) is 0 Å². The lowest BCUT2D eigenvalue weighted by molar-refractivity contribution is 0.252. The Hall–Kier alpha value is -2.08. The van der Waals surface area contributed by atoms with Crippen LogP contribution >= 0.6 is 11.6 Å². The lowest BCUT2D eigenvalue weighted by Crippen LogP contribution is -2.30. The van der Waals surface area contributed by atoms with Crippen molar-refractivity contribution >= 4 is 23.3 Å². The van der Waals surface area contributed by atoms with Gasteiger partial charge in [-0.1, -0.05) is 31.5 Å². The Morgan fingerprint density at radius 2 is 2.19 bits per heavy atom. The van der Waals surface area contributed by atoms with E-state index < -0.39 is 0 Å². The van der Waals surface area contributed by atoms with Gasteiger partial charge in [0.1, 0.15) is 0 Å². The van der Waals surface area contributed by atoms with Crippen LogP contribution in [0.3, 0.4) is 0 Å². The minimum Gasteiger partial charge on any atom is -0.425 e. The molecule has 2 amide bonds. The Labute approximate surface area is 127 Å². The average Bonchev–Trinajstić information content (AvgIpc) is 2.87. The maximum absolute atomic E-state index is 11.7. The molecule has 2 rings (SSSR count). The number of benzene rings is 1. The minimum absolute atomic E-state index is 0.199. The third-order valence-corrected chi connectivity index (χ3v) is 2.92. The number of rotatable bonds is 5. The summed E-state index contributed by atoms with van der Waals surface area (Å²) < 4.78 is 5.45. The average molecular weight is 309 g/mol. The molecule has 0 spiro atoms. The van der Waals surface area contributed by atoms with Gasteiger partial charge in [-0.2, -0.15) is 0 Å². The first kappa shape index (κ1) is 15.3. The van der Waals surface area contributed by atoms with E-state index in [2.05, 4.69) is 20.8 Å². The molecule has 0 aliphatic carbocycles. The van der Waals surface area contributed by atoms with E-state index in [1.165, 1.54) is 0 Å². The largest absolute Gasteiger partial charge is 0.425 e. The van der Waals surface area contributed by atoms with Crippen LogP contribution in [0.15, 0.2) is 28.7 Å². The Kier molecular flexibility index (Phi) is 5.16. The van der Waals surface area contributed by atoms with Gasteiger partial charge in [0.05, 0.1) is 0 Å². The zero-order valence-corrected chi connectivity index (χ0v) is 12.6. The zero-order valence-electron chi connectivity index (χ0n) is 11.9. The molecule has 1 aromatic heterocycles. The highest BCUT2D eigenvalue weighted by Crippen LogP contribution is 2.14. The third kappa shape index (κ3) is 4.75. The molecule has 1 heterocycles. The number of hydrogen-bond acceptors (Lipinski definition) is 4. The number of carbonyl (C=O) groups is 1. The highest BCUT2D eigenvalue weighted by molar-refractivity contribution is 6.30. The molecule has 2 N–H and O–H groups in total. The third-order valence-electron chi connectivity index (χ3n) is 2.68. The fourth-order valence-corrected chi connectivity index (χ4v) is 1.82. The summed E-state index contributed by atoms with van der Waals surface area (Å²) in [5, 5.41) is 13.8. The van der Waals surface area contributed by atoms with Crippen molar-refractivity contribution in [2.45, 2.75) is 26.2 Å². The van der Waals surface area contributed by atoms with Crippen molar-refractivity contribution in [1.82, 2.24) is 15.5 Å². The normalized spacial score (nSPS) is 10.7. The van der Waals surface area contributed by atoms with Gasteiger partial charge in [0.15, 0.2) is 0 Å². The number of aromatic nitrogens is 2. The summed E-state index contributed by atoms with van der Waals surface area (Å²) in [6, 6.07) is 6.64. The molecule has 7 heteroatoms. The number of amides is 2. The second-order valence-electron chi connectivity index (χ2n) is 4.83. The standard InChI is InChI=1S/C14H17ClN4O2/c1-9(2)13-19-18-12(21-13)6-7-16-14(20)17-11-5-3-4-10(15)8-11/h3-5,8-9H,6-7H2,1-2H3,(H2,16,17,20). The van der Waals surface area contributed by atoms with Crippen LogP contribution in [0, 0.1) is 0 Å². The van der Waals surface area contributed by atoms with Gasteiger partial charge >= 0.3 is 6.03 Å². The summed E-state index contributed by atoms with van der Waals surface area (Å²) in [5.41, 5.74) is 0.639. The SMILES string of the molecule is CC(C)c1nnc(CCNC(=O)Nc2cccc(Cl)c2)o1. The van der Waals surface area contributed by atoms with Gasteiger partial charge < -0.3 is 15.1 Å². The Balaban J connectivity index is 1.76. The lowest BCUT2D eigenvalue weighted by Gasteiger charge is -2.06. The van der Waals surface area contributed by atoms with Gasteiger partial charge in [-0.3, -0.25) is 0 Å². The number of anilines is 1. The Morgan fingerprint density at radius 1 is 1.38 bits per heavy atom. The van der Waals surface area contributed by atoms with Gasteiger partial charge in [-0.05, 0) is 18.2 Å². The molecule has 0 bridgehead atoms. The predicted octanol–water partition coefficient (Wildman–Crippen LogP) is 3.21. The van der Waals surface area contributed by atoms with Gasteiger partial charge in [-0.15, -0.1) is 10.2 Å². The fourth-order valence-electron chi connectivity index (χ4n) is 1.63. The Morgan fingerprint density at radius 3 is 2.86 bits per heavy atom. The molecule has 1 aromatic carbocycles. The molecular weight excluding hydrogens is 292 g/mol. The van der Waals surface area contributed by atoms with Crippen LogP contribution in [0.5, 0.6) is 0 Å². The van der Waals surface area contributed by atoms with Crippen molar-refractivity contribution in [3.05, 3.63) is 41.1 Å². The van der Waals surface area contributed by atoms with Crippen molar-refractivity contribution in [3.8, 4) is 0 Å².